The van der Waals surface area contributed by atoms with E-state index in [4.69, 9.17) is 4.42 Å². The fraction of sp³-hybridized carbons (Fsp3) is 0.227. The molecule has 2 N–H and O–H groups in total. The Morgan fingerprint density at radius 1 is 1.10 bits per heavy atom. The highest BCUT2D eigenvalue weighted by molar-refractivity contribution is 6.03. The molecule has 0 saturated heterocycles. The highest BCUT2D eigenvalue weighted by Crippen LogP contribution is 2.23. The number of hydrogen-bond donors (Lipinski definition) is 2. The first kappa shape index (κ1) is 18.9. The fourth-order valence-corrected chi connectivity index (χ4v) is 2.89. The molecule has 2 aromatic carbocycles. The van der Waals surface area contributed by atoms with Crippen LogP contribution < -0.4 is 10.6 Å². The molecule has 1 aromatic heterocycles. The Morgan fingerprint density at radius 3 is 2.62 bits per heavy atom. The Kier molecular flexibility index (Phi) is 5.37. The van der Waals surface area contributed by atoms with E-state index in [9.17, 15) is 14.0 Å². The first-order chi connectivity index (χ1) is 14.1. The van der Waals surface area contributed by atoms with Crippen molar-refractivity contribution in [2.24, 2.45) is 0 Å². The molecule has 1 fully saturated rings. The number of aromatic nitrogens is 1. The van der Waals surface area contributed by atoms with E-state index in [1.807, 2.05) is 0 Å². The average Bonchev–Trinajstić information content (AvgIpc) is 3.41. The van der Waals surface area contributed by atoms with Crippen LogP contribution in [-0.4, -0.2) is 22.8 Å². The van der Waals surface area contributed by atoms with Crippen molar-refractivity contribution in [2.45, 2.75) is 31.7 Å². The van der Waals surface area contributed by atoms with Crippen LogP contribution in [0, 0.1) is 5.82 Å². The first-order valence-electron chi connectivity index (χ1n) is 9.49. The van der Waals surface area contributed by atoms with Gasteiger partial charge in [-0.2, -0.15) is 0 Å². The molecule has 6 nitrogen and oxygen atoms in total. The highest BCUT2D eigenvalue weighted by atomic mass is 19.1. The van der Waals surface area contributed by atoms with E-state index in [-0.39, 0.29) is 30.1 Å². The van der Waals surface area contributed by atoms with E-state index in [0.717, 1.165) is 12.8 Å². The summed E-state index contributed by atoms with van der Waals surface area (Å²) in [6, 6.07) is 13.1. The quantitative estimate of drug-likeness (QED) is 0.637. The number of hydrogen-bond acceptors (Lipinski definition) is 4. The molecule has 1 aliphatic carbocycles. The minimum absolute atomic E-state index is 0.155. The zero-order chi connectivity index (χ0) is 20.2. The summed E-state index contributed by atoms with van der Waals surface area (Å²) in [5, 5.41) is 5.71. The van der Waals surface area contributed by atoms with Gasteiger partial charge in [-0.15, -0.1) is 0 Å². The van der Waals surface area contributed by atoms with Crippen LogP contribution >= 0.6 is 0 Å². The fourth-order valence-electron chi connectivity index (χ4n) is 2.89. The van der Waals surface area contributed by atoms with Gasteiger partial charge in [-0.1, -0.05) is 12.1 Å². The van der Waals surface area contributed by atoms with Crippen LogP contribution in [0.5, 0.6) is 0 Å². The number of amides is 2. The number of carbonyl (C=O) groups excluding carboxylic acids is 2. The summed E-state index contributed by atoms with van der Waals surface area (Å²) in [5.41, 5.74) is 1.64. The summed E-state index contributed by atoms with van der Waals surface area (Å²) in [5.74, 6) is 0.191. The number of oxazole rings is 1. The van der Waals surface area contributed by atoms with E-state index >= 15 is 0 Å². The highest BCUT2D eigenvalue weighted by Gasteiger charge is 2.25. The number of nitrogens with one attached hydrogen (secondary N) is 2. The molecule has 2 amide bonds. The summed E-state index contributed by atoms with van der Waals surface area (Å²) < 4.78 is 18.7. The second kappa shape index (κ2) is 8.26. The second-order valence-electron chi connectivity index (χ2n) is 6.97. The molecule has 0 bridgehead atoms. The predicted molar refractivity (Wildman–Crippen MR) is 106 cm³/mol. The lowest BCUT2D eigenvalue weighted by Gasteiger charge is -2.10. The zero-order valence-electron chi connectivity index (χ0n) is 15.7. The Morgan fingerprint density at radius 2 is 1.86 bits per heavy atom. The van der Waals surface area contributed by atoms with Gasteiger partial charge in [0.25, 0.3) is 5.91 Å². The summed E-state index contributed by atoms with van der Waals surface area (Å²) in [7, 11) is 0. The molecule has 0 spiro atoms. The van der Waals surface area contributed by atoms with Gasteiger partial charge in [0.1, 0.15) is 5.82 Å². The van der Waals surface area contributed by atoms with Gasteiger partial charge in [0.2, 0.25) is 5.91 Å². The third kappa shape index (κ3) is 4.87. The molecule has 7 heteroatoms. The van der Waals surface area contributed by atoms with Crippen LogP contribution in [0.25, 0.3) is 11.3 Å². The maximum Gasteiger partial charge on any atom is 0.253 e. The first-order valence-corrected chi connectivity index (χ1v) is 9.49. The number of carbonyl (C=O) groups is 2. The molecular formula is C22H20FN3O3. The van der Waals surface area contributed by atoms with Gasteiger partial charge in [-0.3, -0.25) is 9.59 Å². The third-order valence-electron chi connectivity index (χ3n) is 4.61. The lowest BCUT2D eigenvalue weighted by atomic mass is 10.1. The number of para-hydroxylation sites is 1. The van der Waals surface area contributed by atoms with E-state index in [2.05, 4.69) is 15.6 Å². The van der Waals surface area contributed by atoms with Gasteiger partial charge in [0.15, 0.2) is 11.7 Å². The van der Waals surface area contributed by atoms with Crippen LogP contribution in [0.1, 0.15) is 35.5 Å². The van der Waals surface area contributed by atoms with Crippen molar-refractivity contribution in [3.8, 4) is 11.3 Å². The molecule has 29 heavy (non-hydrogen) atoms. The van der Waals surface area contributed by atoms with Gasteiger partial charge in [0, 0.05) is 24.4 Å². The summed E-state index contributed by atoms with van der Waals surface area (Å²) in [4.78, 5) is 28.9. The molecule has 0 unspecified atom stereocenters. The maximum absolute atomic E-state index is 13.0. The molecule has 1 heterocycles. The lowest BCUT2D eigenvalue weighted by molar-refractivity contribution is -0.116. The lowest BCUT2D eigenvalue weighted by Crippen LogP contribution is -2.27. The molecule has 4 rings (SSSR count). The summed E-state index contributed by atoms with van der Waals surface area (Å²) >= 11 is 0. The van der Waals surface area contributed by atoms with E-state index < -0.39 is 0 Å². The van der Waals surface area contributed by atoms with Crippen molar-refractivity contribution < 1.29 is 18.4 Å². The van der Waals surface area contributed by atoms with Gasteiger partial charge in [-0.25, -0.2) is 9.37 Å². The van der Waals surface area contributed by atoms with Gasteiger partial charge >= 0.3 is 0 Å². The van der Waals surface area contributed by atoms with Crippen LogP contribution in [0.2, 0.25) is 0 Å². The number of rotatable bonds is 7. The van der Waals surface area contributed by atoms with Crippen LogP contribution in [0.3, 0.4) is 0 Å². The van der Waals surface area contributed by atoms with E-state index in [1.54, 1.807) is 42.6 Å². The molecule has 0 atom stereocenters. The van der Waals surface area contributed by atoms with Gasteiger partial charge in [-0.05, 0) is 49.2 Å². The monoisotopic (exact) mass is 393 g/mol. The smallest absolute Gasteiger partial charge is 0.253 e. The van der Waals surface area contributed by atoms with Gasteiger partial charge in [0.05, 0.1) is 17.4 Å². The normalized spacial score (nSPS) is 13.1. The number of aryl methyl sites for hydroxylation is 1. The number of anilines is 1. The Balaban J connectivity index is 1.35. The van der Waals surface area contributed by atoms with Crippen molar-refractivity contribution in [3.05, 3.63) is 72.0 Å². The Labute approximate surface area is 167 Å². The van der Waals surface area contributed by atoms with Crippen LogP contribution in [0.4, 0.5) is 10.1 Å². The van der Waals surface area contributed by atoms with Crippen LogP contribution in [0.15, 0.2) is 59.1 Å². The molecule has 1 saturated carbocycles. The number of halogens is 1. The van der Waals surface area contributed by atoms with Gasteiger partial charge < -0.3 is 15.1 Å². The molecule has 3 aromatic rings. The second-order valence-corrected chi connectivity index (χ2v) is 6.97. The van der Waals surface area contributed by atoms with E-state index in [1.165, 1.54) is 12.1 Å². The summed E-state index contributed by atoms with van der Waals surface area (Å²) in [6.45, 7) is 0. The number of nitrogens with zero attached hydrogens (tertiary/aromatic N) is 1. The van der Waals surface area contributed by atoms with Crippen molar-refractivity contribution >= 4 is 17.5 Å². The largest absolute Gasteiger partial charge is 0.441 e. The molecular weight excluding hydrogens is 373 g/mol. The molecule has 148 valence electrons. The standard InChI is InChI=1S/C22H20FN3O3/c23-15-7-5-14(6-8-15)19-13-24-21(29-19)12-11-20(27)26-18-4-2-1-3-17(18)22(28)25-16-9-10-16/h1-8,13,16H,9-12H2,(H,25,28)(H,26,27). The molecule has 1 aliphatic rings. The molecule has 0 aliphatic heterocycles. The van der Waals surface area contributed by atoms with Crippen molar-refractivity contribution in [1.29, 1.82) is 0 Å². The zero-order valence-corrected chi connectivity index (χ0v) is 15.7. The van der Waals surface area contributed by atoms with Crippen molar-refractivity contribution in [2.75, 3.05) is 5.32 Å². The minimum atomic E-state index is -0.323. The van der Waals surface area contributed by atoms with Crippen molar-refractivity contribution in [3.63, 3.8) is 0 Å². The minimum Gasteiger partial charge on any atom is -0.441 e. The Bertz CT molecular complexity index is 1030. The average molecular weight is 393 g/mol. The van der Waals surface area contributed by atoms with Crippen LogP contribution in [-0.2, 0) is 11.2 Å². The summed E-state index contributed by atoms with van der Waals surface area (Å²) in [6.07, 6.45) is 4.01. The van der Waals surface area contributed by atoms with Crippen molar-refractivity contribution in [1.82, 2.24) is 10.3 Å². The predicted octanol–water partition coefficient (Wildman–Crippen LogP) is 3.94. The SMILES string of the molecule is O=C(CCc1ncc(-c2ccc(F)cc2)o1)Nc1ccccc1C(=O)NC1CC1. The molecule has 0 radical (unpaired) electrons. The Hall–Kier alpha value is -3.48. The maximum atomic E-state index is 13.0. The number of benzene rings is 2. The topological polar surface area (TPSA) is 84.2 Å². The van der Waals surface area contributed by atoms with E-state index in [0.29, 0.717) is 34.9 Å². The third-order valence-corrected chi connectivity index (χ3v) is 4.61.